The molecule has 1 aromatic heterocycles. The minimum atomic E-state index is -1.41. The van der Waals surface area contributed by atoms with E-state index < -0.39 is 30.4 Å². The Labute approximate surface area is 254 Å². The first-order valence-corrected chi connectivity index (χ1v) is 12.8. The summed E-state index contributed by atoms with van der Waals surface area (Å²) in [7, 11) is 1.60. The fourth-order valence-electron chi connectivity index (χ4n) is 4.54. The maximum Gasteiger partial charge on any atom is 1.00 e. The predicted molar refractivity (Wildman–Crippen MR) is 139 cm³/mol. The summed E-state index contributed by atoms with van der Waals surface area (Å²) in [5.74, 6) is -2.74. The Morgan fingerprint density at radius 2 is 1.73 bits per heavy atom. The number of rotatable bonds is 12. The number of aliphatic hydroxyl groups excluding tert-OH is 2. The summed E-state index contributed by atoms with van der Waals surface area (Å²) in [5, 5.41) is 35.7. The van der Waals surface area contributed by atoms with Gasteiger partial charge in [-0.2, -0.15) is 5.10 Å². The topological polar surface area (TPSA) is 119 Å². The van der Waals surface area contributed by atoms with E-state index in [1.165, 1.54) is 35.2 Å². The minimum absolute atomic E-state index is 0. The molecule has 3 rings (SSSR count). The number of aliphatic carboxylic acids is 1. The first-order valence-electron chi connectivity index (χ1n) is 12.8. The molecule has 1 heterocycles. The Kier molecular flexibility index (Phi) is 12.5. The number of aliphatic hydroxyl groups is 2. The van der Waals surface area contributed by atoms with Gasteiger partial charge in [0.25, 0.3) is 5.91 Å². The van der Waals surface area contributed by atoms with Gasteiger partial charge in [0.05, 0.1) is 17.9 Å². The molecule has 11 heteroatoms. The third-order valence-corrected chi connectivity index (χ3v) is 6.54. The molecule has 0 bridgehead atoms. The smallest absolute Gasteiger partial charge is 0.550 e. The van der Waals surface area contributed by atoms with Crippen LogP contribution >= 0.6 is 0 Å². The van der Waals surface area contributed by atoms with Crippen LogP contribution in [0.2, 0.25) is 0 Å². The van der Waals surface area contributed by atoms with Crippen molar-refractivity contribution in [3.63, 3.8) is 0 Å². The van der Waals surface area contributed by atoms with Crippen LogP contribution in [0.1, 0.15) is 71.9 Å². The van der Waals surface area contributed by atoms with Gasteiger partial charge in [0.1, 0.15) is 11.6 Å². The number of carboxylic acid groups (broad SMARTS) is 1. The molecular weight excluding hydrogens is 531 g/mol. The SMILES string of the molecule is Cc1ccc(CN(C)C(=O)c2nn(-c3ccc(F)cc3)c(CCC(O)CC(O)CC(=O)[O-])c2C(C)C)cc1F.[Na+]. The largest absolute Gasteiger partial charge is 1.00 e. The molecule has 0 fully saturated rings. The van der Waals surface area contributed by atoms with Crippen LogP contribution in [-0.4, -0.2) is 56.0 Å². The molecule has 2 unspecified atom stereocenters. The van der Waals surface area contributed by atoms with Crippen LogP contribution in [0.3, 0.4) is 0 Å². The number of halogens is 2. The number of carboxylic acids is 1. The van der Waals surface area contributed by atoms with Crippen molar-refractivity contribution >= 4 is 11.9 Å². The van der Waals surface area contributed by atoms with Crippen LogP contribution in [0.5, 0.6) is 0 Å². The molecule has 1 amide bonds. The summed E-state index contributed by atoms with van der Waals surface area (Å²) in [5.41, 5.74) is 3.10. The number of aromatic nitrogens is 2. The van der Waals surface area contributed by atoms with Crippen molar-refractivity contribution in [2.45, 2.75) is 71.1 Å². The van der Waals surface area contributed by atoms with Crippen molar-refractivity contribution in [3.8, 4) is 5.69 Å². The molecule has 2 N–H and O–H groups in total. The second-order valence-corrected chi connectivity index (χ2v) is 10.2. The van der Waals surface area contributed by atoms with E-state index in [1.807, 2.05) is 13.8 Å². The number of hydrogen-bond acceptors (Lipinski definition) is 6. The van der Waals surface area contributed by atoms with Crippen molar-refractivity contribution in [1.29, 1.82) is 0 Å². The van der Waals surface area contributed by atoms with Gasteiger partial charge in [0, 0.05) is 37.2 Å². The van der Waals surface area contributed by atoms with Gasteiger partial charge < -0.3 is 25.0 Å². The molecule has 8 nitrogen and oxygen atoms in total. The monoisotopic (exact) mass is 565 g/mol. The third kappa shape index (κ3) is 8.68. The summed E-state index contributed by atoms with van der Waals surface area (Å²) in [6.07, 6.45) is -2.61. The predicted octanol–water partition coefficient (Wildman–Crippen LogP) is 0.0430. The van der Waals surface area contributed by atoms with Crippen molar-refractivity contribution in [2.24, 2.45) is 0 Å². The van der Waals surface area contributed by atoms with E-state index in [1.54, 1.807) is 30.8 Å². The average molecular weight is 566 g/mol. The molecular formula is C29H34F2N3NaO5. The Hall–Kier alpha value is -2.63. The molecule has 0 saturated carbocycles. The first-order chi connectivity index (χ1) is 18.4. The number of aryl methyl sites for hydroxylation is 1. The number of amides is 1. The zero-order chi connectivity index (χ0) is 28.9. The molecule has 210 valence electrons. The van der Waals surface area contributed by atoms with E-state index in [0.717, 1.165) is 0 Å². The molecule has 0 aliphatic heterocycles. The third-order valence-electron chi connectivity index (χ3n) is 6.54. The standard InChI is InChI=1S/C29H35F2N3O5.Na/c1-17(2)27-25(12-11-22(35)14-23(36)15-26(37)38)34(21-9-7-20(30)8-10-21)32-28(27)29(39)33(4)16-19-6-5-18(3)24(31)13-19;/h5-10,13,17,22-23,35-36H,11-12,14-16H2,1-4H3,(H,37,38);/q;+1/p-1. The van der Waals surface area contributed by atoms with E-state index in [9.17, 15) is 33.7 Å². The fourth-order valence-corrected chi connectivity index (χ4v) is 4.54. The second-order valence-electron chi connectivity index (χ2n) is 10.2. The molecule has 0 aliphatic rings. The summed E-state index contributed by atoms with van der Waals surface area (Å²) < 4.78 is 29.3. The van der Waals surface area contributed by atoms with Crippen LogP contribution < -0.4 is 34.7 Å². The molecule has 0 radical (unpaired) electrons. The van der Waals surface area contributed by atoms with Gasteiger partial charge in [-0.05, 0) is 73.6 Å². The summed E-state index contributed by atoms with van der Waals surface area (Å²) in [6.45, 7) is 5.62. The average Bonchev–Trinajstić information content (AvgIpc) is 3.24. The number of hydrogen-bond donors (Lipinski definition) is 2. The van der Waals surface area contributed by atoms with Crippen LogP contribution in [0.25, 0.3) is 5.69 Å². The Morgan fingerprint density at radius 3 is 2.30 bits per heavy atom. The molecule has 0 saturated heterocycles. The summed E-state index contributed by atoms with van der Waals surface area (Å²) >= 11 is 0. The van der Waals surface area contributed by atoms with Gasteiger partial charge >= 0.3 is 29.6 Å². The van der Waals surface area contributed by atoms with Crippen LogP contribution in [0.4, 0.5) is 8.78 Å². The van der Waals surface area contributed by atoms with Crippen LogP contribution in [-0.2, 0) is 17.8 Å². The van der Waals surface area contributed by atoms with Crippen LogP contribution in [0, 0.1) is 18.6 Å². The van der Waals surface area contributed by atoms with E-state index in [0.29, 0.717) is 28.1 Å². The first kappa shape index (κ1) is 33.6. The number of carbonyl (C=O) groups excluding carboxylic acids is 2. The van der Waals surface area contributed by atoms with E-state index in [-0.39, 0.29) is 78.7 Å². The fraction of sp³-hybridized carbons (Fsp3) is 0.414. The number of nitrogens with zero attached hydrogens (tertiary/aromatic N) is 3. The van der Waals surface area contributed by atoms with Gasteiger partial charge in [-0.3, -0.25) is 4.79 Å². The van der Waals surface area contributed by atoms with Crippen molar-refractivity contribution in [2.75, 3.05) is 7.05 Å². The molecule has 0 spiro atoms. The Balaban J connectivity index is 0.00000560. The van der Waals surface area contributed by atoms with E-state index in [2.05, 4.69) is 5.10 Å². The van der Waals surface area contributed by atoms with Crippen molar-refractivity contribution in [1.82, 2.24) is 14.7 Å². The van der Waals surface area contributed by atoms with Crippen molar-refractivity contribution < 1.29 is 63.2 Å². The second kappa shape index (κ2) is 14.8. The number of carbonyl (C=O) groups is 2. The zero-order valence-electron chi connectivity index (χ0n) is 23.5. The van der Waals surface area contributed by atoms with Crippen molar-refractivity contribution in [3.05, 3.63) is 82.2 Å². The Morgan fingerprint density at radius 1 is 1.07 bits per heavy atom. The summed E-state index contributed by atoms with van der Waals surface area (Å²) in [6, 6.07) is 10.4. The maximum absolute atomic E-state index is 14.1. The van der Waals surface area contributed by atoms with E-state index in [4.69, 9.17) is 0 Å². The quantitative estimate of drug-likeness (QED) is 0.300. The maximum atomic E-state index is 14.1. The normalized spacial score (nSPS) is 12.6. The van der Waals surface area contributed by atoms with Gasteiger partial charge in [0.15, 0.2) is 5.69 Å². The molecule has 3 aromatic rings. The Bertz CT molecular complexity index is 1310. The minimum Gasteiger partial charge on any atom is -0.550 e. The van der Waals surface area contributed by atoms with Gasteiger partial charge in [-0.1, -0.05) is 26.0 Å². The summed E-state index contributed by atoms with van der Waals surface area (Å²) in [4.78, 5) is 25.8. The van der Waals surface area contributed by atoms with Gasteiger partial charge in [-0.15, -0.1) is 0 Å². The molecule has 0 aliphatic carbocycles. The van der Waals surface area contributed by atoms with Gasteiger partial charge in [0.2, 0.25) is 0 Å². The molecule has 2 atom stereocenters. The molecule has 2 aromatic carbocycles. The van der Waals surface area contributed by atoms with E-state index >= 15 is 0 Å². The van der Waals surface area contributed by atoms with Crippen LogP contribution in [0.15, 0.2) is 42.5 Å². The van der Waals surface area contributed by atoms with Gasteiger partial charge in [-0.25, -0.2) is 13.5 Å². The zero-order valence-corrected chi connectivity index (χ0v) is 25.5. The molecule has 40 heavy (non-hydrogen) atoms. The number of benzene rings is 2.